The fourth-order valence-corrected chi connectivity index (χ4v) is 2.85. The van der Waals surface area contributed by atoms with E-state index in [2.05, 4.69) is 0 Å². The van der Waals surface area contributed by atoms with Crippen LogP contribution in [-0.4, -0.2) is 36.5 Å². The van der Waals surface area contributed by atoms with E-state index in [9.17, 15) is 14.4 Å². The lowest BCUT2D eigenvalue weighted by molar-refractivity contribution is -0.135. The van der Waals surface area contributed by atoms with Gasteiger partial charge in [0.05, 0.1) is 0 Å². The SMILES string of the molecule is CC(=O)C1CCC(CN(C)C(=O)C(C)CC=O)CC1. The number of nitrogens with zero attached hydrogens (tertiary/aromatic N) is 1. The number of carbonyl (C=O) groups is 3. The lowest BCUT2D eigenvalue weighted by Crippen LogP contribution is -2.37. The highest BCUT2D eigenvalue weighted by Gasteiger charge is 2.26. The fraction of sp³-hybridized carbons (Fsp3) is 0.800. The highest BCUT2D eigenvalue weighted by molar-refractivity contribution is 5.80. The predicted octanol–water partition coefficient (Wildman–Crippen LogP) is 2.07. The van der Waals surface area contributed by atoms with E-state index in [1.807, 2.05) is 0 Å². The number of ketones is 1. The maximum absolute atomic E-state index is 12.0. The summed E-state index contributed by atoms with van der Waals surface area (Å²) in [5.74, 6) is 0.832. The molecule has 1 atom stereocenters. The maximum atomic E-state index is 12.0. The van der Waals surface area contributed by atoms with Gasteiger partial charge in [-0.1, -0.05) is 6.92 Å². The van der Waals surface area contributed by atoms with Gasteiger partial charge >= 0.3 is 0 Å². The number of carbonyl (C=O) groups excluding carboxylic acids is 3. The highest BCUT2D eigenvalue weighted by atomic mass is 16.2. The van der Waals surface area contributed by atoms with Crippen molar-refractivity contribution in [3.05, 3.63) is 0 Å². The van der Waals surface area contributed by atoms with Gasteiger partial charge in [0.1, 0.15) is 12.1 Å². The molecule has 0 heterocycles. The van der Waals surface area contributed by atoms with Crippen LogP contribution in [0.15, 0.2) is 0 Å². The second-order valence-corrected chi connectivity index (χ2v) is 5.85. The second-order valence-electron chi connectivity index (χ2n) is 5.85. The monoisotopic (exact) mass is 267 g/mol. The van der Waals surface area contributed by atoms with Crippen LogP contribution in [0.1, 0.15) is 46.0 Å². The van der Waals surface area contributed by atoms with Crippen LogP contribution in [0, 0.1) is 17.8 Å². The topological polar surface area (TPSA) is 54.5 Å². The molecular formula is C15H25NO3. The van der Waals surface area contributed by atoms with E-state index in [0.29, 0.717) is 18.1 Å². The lowest BCUT2D eigenvalue weighted by atomic mass is 9.80. The van der Waals surface area contributed by atoms with E-state index in [4.69, 9.17) is 0 Å². The molecule has 1 fully saturated rings. The Labute approximate surface area is 115 Å². The number of aldehydes is 1. The van der Waals surface area contributed by atoms with Gasteiger partial charge in [0, 0.05) is 31.8 Å². The van der Waals surface area contributed by atoms with Gasteiger partial charge in [-0.2, -0.15) is 0 Å². The molecule has 4 heteroatoms. The molecule has 0 spiro atoms. The van der Waals surface area contributed by atoms with Crippen LogP contribution in [-0.2, 0) is 14.4 Å². The van der Waals surface area contributed by atoms with Gasteiger partial charge in [-0.05, 0) is 38.5 Å². The van der Waals surface area contributed by atoms with Crippen molar-refractivity contribution in [2.24, 2.45) is 17.8 Å². The third-order valence-electron chi connectivity index (χ3n) is 4.20. The molecule has 1 saturated carbocycles. The van der Waals surface area contributed by atoms with Gasteiger partial charge in [0.15, 0.2) is 0 Å². The van der Waals surface area contributed by atoms with E-state index in [0.717, 1.165) is 38.5 Å². The van der Waals surface area contributed by atoms with E-state index >= 15 is 0 Å². The Morgan fingerprint density at radius 1 is 1.26 bits per heavy atom. The summed E-state index contributed by atoms with van der Waals surface area (Å²) in [5.41, 5.74) is 0. The molecule has 0 aromatic carbocycles. The van der Waals surface area contributed by atoms with Crippen molar-refractivity contribution in [1.29, 1.82) is 0 Å². The summed E-state index contributed by atoms with van der Waals surface area (Å²) in [6.45, 7) is 4.20. The zero-order valence-corrected chi connectivity index (χ0v) is 12.2. The Morgan fingerprint density at radius 3 is 2.32 bits per heavy atom. The van der Waals surface area contributed by atoms with Crippen LogP contribution in [0.25, 0.3) is 0 Å². The van der Waals surface area contributed by atoms with E-state index < -0.39 is 0 Å². The first-order valence-corrected chi connectivity index (χ1v) is 7.14. The Hall–Kier alpha value is -1.19. The molecule has 0 radical (unpaired) electrons. The third kappa shape index (κ3) is 4.77. The first kappa shape index (κ1) is 15.9. The molecule has 0 N–H and O–H groups in total. The van der Waals surface area contributed by atoms with Crippen LogP contribution in [0.2, 0.25) is 0 Å². The van der Waals surface area contributed by atoms with Gasteiger partial charge in [-0.3, -0.25) is 9.59 Å². The number of hydrogen-bond acceptors (Lipinski definition) is 3. The molecule has 1 unspecified atom stereocenters. The average molecular weight is 267 g/mol. The van der Waals surface area contributed by atoms with Crippen molar-refractivity contribution < 1.29 is 14.4 Å². The van der Waals surface area contributed by atoms with Crippen molar-refractivity contribution in [1.82, 2.24) is 4.90 Å². The third-order valence-corrected chi connectivity index (χ3v) is 4.20. The Bertz CT molecular complexity index is 332. The molecule has 0 aliphatic heterocycles. The molecule has 0 saturated heterocycles. The summed E-state index contributed by atoms with van der Waals surface area (Å²) >= 11 is 0. The molecule has 19 heavy (non-hydrogen) atoms. The Morgan fingerprint density at radius 2 is 1.84 bits per heavy atom. The van der Waals surface area contributed by atoms with Gasteiger partial charge in [-0.25, -0.2) is 0 Å². The second kappa shape index (κ2) is 7.41. The molecule has 0 aromatic rings. The van der Waals surface area contributed by atoms with Crippen LogP contribution in [0.4, 0.5) is 0 Å². The fourth-order valence-electron chi connectivity index (χ4n) is 2.85. The minimum atomic E-state index is -0.226. The van der Waals surface area contributed by atoms with E-state index in [1.54, 1.807) is 25.8 Å². The maximum Gasteiger partial charge on any atom is 0.225 e. The molecule has 1 aliphatic carbocycles. The van der Waals surface area contributed by atoms with Crippen LogP contribution >= 0.6 is 0 Å². The van der Waals surface area contributed by atoms with E-state index in [-0.39, 0.29) is 17.7 Å². The summed E-state index contributed by atoms with van der Waals surface area (Å²) < 4.78 is 0. The molecule has 108 valence electrons. The number of amides is 1. The first-order chi connectivity index (χ1) is 8.95. The van der Waals surface area contributed by atoms with Crippen LogP contribution in [0.5, 0.6) is 0 Å². The van der Waals surface area contributed by atoms with Crippen molar-refractivity contribution in [3.8, 4) is 0 Å². The summed E-state index contributed by atoms with van der Waals surface area (Å²) in [6.07, 6.45) is 5.03. The zero-order chi connectivity index (χ0) is 14.4. The molecule has 1 amide bonds. The van der Waals surface area contributed by atoms with Gasteiger partial charge < -0.3 is 9.69 Å². The smallest absolute Gasteiger partial charge is 0.225 e. The van der Waals surface area contributed by atoms with Crippen molar-refractivity contribution >= 4 is 18.0 Å². The number of hydrogen-bond donors (Lipinski definition) is 0. The highest BCUT2D eigenvalue weighted by Crippen LogP contribution is 2.29. The molecule has 0 aromatic heterocycles. The normalized spacial score (nSPS) is 24.6. The number of rotatable bonds is 6. The quantitative estimate of drug-likeness (QED) is 0.692. The van der Waals surface area contributed by atoms with Crippen molar-refractivity contribution in [2.75, 3.05) is 13.6 Å². The lowest BCUT2D eigenvalue weighted by Gasteiger charge is -2.31. The average Bonchev–Trinajstić information content (AvgIpc) is 2.38. The van der Waals surface area contributed by atoms with E-state index in [1.165, 1.54) is 0 Å². The summed E-state index contributed by atoms with van der Waals surface area (Å²) in [7, 11) is 1.81. The standard InChI is InChI=1S/C15H25NO3/c1-11(8-9-17)15(19)16(3)10-13-4-6-14(7-5-13)12(2)18/h9,11,13-14H,4-8,10H2,1-3H3. The molecular weight excluding hydrogens is 242 g/mol. The minimum Gasteiger partial charge on any atom is -0.345 e. The summed E-state index contributed by atoms with van der Waals surface area (Å²) in [5, 5.41) is 0. The molecule has 1 rings (SSSR count). The van der Waals surface area contributed by atoms with Gasteiger partial charge in [0.2, 0.25) is 5.91 Å². The number of Topliss-reactive ketones (excluding diaryl/α,β-unsaturated/α-hetero) is 1. The molecule has 1 aliphatic rings. The zero-order valence-electron chi connectivity index (χ0n) is 12.2. The largest absolute Gasteiger partial charge is 0.345 e. The molecule has 4 nitrogen and oxygen atoms in total. The van der Waals surface area contributed by atoms with Crippen molar-refractivity contribution in [2.45, 2.75) is 46.0 Å². The minimum absolute atomic E-state index is 0.0424. The van der Waals surface area contributed by atoms with Crippen LogP contribution < -0.4 is 0 Å². The van der Waals surface area contributed by atoms with Gasteiger partial charge in [0.25, 0.3) is 0 Å². The predicted molar refractivity (Wildman–Crippen MR) is 73.6 cm³/mol. The first-order valence-electron chi connectivity index (χ1n) is 7.14. The summed E-state index contributed by atoms with van der Waals surface area (Å²) in [4.78, 5) is 35.5. The van der Waals surface area contributed by atoms with Gasteiger partial charge in [-0.15, -0.1) is 0 Å². The molecule has 0 bridgehead atoms. The van der Waals surface area contributed by atoms with Crippen LogP contribution in [0.3, 0.4) is 0 Å². The summed E-state index contributed by atoms with van der Waals surface area (Å²) in [6, 6.07) is 0. The Kier molecular flexibility index (Phi) is 6.19. The van der Waals surface area contributed by atoms with Crippen molar-refractivity contribution in [3.63, 3.8) is 0 Å². The Balaban J connectivity index is 2.37.